The maximum Gasteiger partial charge on any atom is 0.166 e. The molecule has 0 aliphatic rings. The number of fused-ring (bicyclic) bond motifs is 5. The summed E-state index contributed by atoms with van der Waals surface area (Å²) < 4.78 is 6.27. The van der Waals surface area contributed by atoms with Crippen LogP contribution in [0.1, 0.15) is 0 Å². The van der Waals surface area contributed by atoms with Gasteiger partial charge < -0.3 is 4.42 Å². The van der Waals surface area contributed by atoms with E-state index in [4.69, 9.17) is 24.4 Å². The molecule has 0 fully saturated rings. The van der Waals surface area contributed by atoms with Gasteiger partial charge in [-0.1, -0.05) is 133 Å². The van der Waals surface area contributed by atoms with Crippen molar-refractivity contribution in [1.29, 1.82) is 0 Å². The third-order valence-electron chi connectivity index (χ3n) is 9.60. The topological polar surface area (TPSA) is 64.7 Å². The number of hydrogen-bond acceptors (Lipinski definition) is 5. The molecule has 7 aromatic carbocycles. The highest BCUT2D eigenvalue weighted by atomic mass is 16.3. The lowest BCUT2D eigenvalue weighted by Gasteiger charge is -2.13. The first kappa shape index (κ1) is 29.0. The van der Waals surface area contributed by atoms with E-state index in [1.807, 2.05) is 54.7 Å². The number of nitrogens with zero attached hydrogens (tertiary/aromatic N) is 4. The summed E-state index contributed by atoms with van der Waals surface area (Å²) in [7, 11) is 0. The number of rotatable bonds is 5. The summed E-state index contributed by atoms with van der Waals surface area (Å²) in [5, 5.41) is 5.31. The third kappa shape index (κ3) is 4.94. The Morgan fingerprint density at radius 2 is 1.00 bits per heavy atom. The fourth-order valence-corrected chi connectivity index (χ4v) is 7.22. The zero-order valence-electron chi connectivity index (χ0n) is 27.4. The predicted octanol–water partition coefficient (Wildman–Crippen LogP) is 11.8. The molecular weight excluding hydrogens is 625 g/mol. The van der Waals surface area contributed by atoms with Gasteiger partial charge in [-0.2, -0.15) is 0 Å². The lowest BCUT2D eigenvalue weighted by molar-refractivity contribution is 0.669. The predicted molar refractivity (Wildman–Crippen MR) is 207 cm³/mol. The molecule has 5 nitrogen and oxygen atoms in total. The summed E-state index contributed by atoms with van der Waals surface area (Å²) in [6.07, 6.45) is 1.83. The fourth-order valence-electron chi connectivity index (χ4n) is 7.22. The van der Waals surface area contributed by atoms with E-state index < -0.39 is 0 Å². The number of pyridine rings is 1. The normalized spacial score (nSPS) is 11.5. The van der Waals surface area contributed by atoms with Crippen molar-refractivity contribution in [1.82, 2.24) is 19.9 Å². The Labute approximate surface area is 293 Å². The Hall–Kier alpha value is -6.98. The molecule has 0 bridgehead atoms. The molecule has 3 heterocycles. The van der Waals surface area contributed by atoms with Crippen molar-refractivity contribution in [2.75, 3.05) is 0 Å². The van der Waals surface area contributed by atoms with Crippen molar-refractivity contribution in [2.24, 2.45) is 0 Å². The van der Waals surface area contributed by atoms with E-state index in [1.165, 1.54) is 16.5 Å². The van der Waals surface area contributed by atoms with Crippen LogP contribution in [0.25, 0.3) is 100 Å². The van der Waals surface area contributed by atoms with Crippen molar-refractivity contribution in [3.05, 3.63) is 170 Å². The largest absolute Gasteiger partial charge is 0.456 e. The molecule has 238 valence electrons. The van der Waals surface area contributed by atoms with Crippen LogP contribution in [0.2, 0.25) is 0 Å². The van der Waals surface area contributed by atoms with Crippen LogP contribution in [0.3, 0.4) is 0 Å². The first-order valence-electron chi connectivity index (χ1n) is 17.0. The average molecular weight is 653 g/mol. The summed E-state index contributed by atoms with van der Waals surface area (Å²) in [5.74, 6) is 1.71. The van der Waals surface area contributed by atoms with E-state index in [0.717, 1.165) is 66.0 Å². The van der Waals surface area contributed by atoms with E-state index in [9.17, 15) is 0 Å². The lowest BCUT2D eigenvalue weighted by Crippen LogP contribution is -2.01. The fraction of sp³-hybridized carbons (Fsp3) is 0. The van der Waals surface area contributed by atoms with E-state index in [2.05, 4.69) is 115 Å². The monoisotopic (exact) mass is 652 g/mol. The van der Waals surface area contributed by atoms with Crippen LogP contribution in [-0.2, 0) is 0 Å². The number of furan rings is 1. The summed E-state index contributed by atoms with van der Waals surface area (Å²) in [4.78, 5) is 20.5. The number of aromatic nitrogens is 4. The molecule has 0 atom stereocenters. The molecule has 0 saturated carbocycles. The molecule has 0 N–H and O–H groups in total. The van der Waals surface area contributed by atoms with E-state index >= 15 is 0 Å². The van der Waals surface area contributed by atoms with Crippen molar-refractivity contribution in [3.63, 3.8) is 0 Å². The van der Waals surface area contributed by atoms with E-state index in [0.29, 0.717) is 17.5 Å². The first-order chi connectivity index (χ1) is 25.3. The molecule has 10 aromatic rings. The summed E-state index contributed by atoms with van der Waals surface area (Å²) in [6.45, 7) is 0. The maximum atomic E-state index is 6.27. The van der Waals surface area contributed by atoms with Gasteiger partial charge in [0.15, 0.2) is 17.5 Å². The number of hydrogen-bond donors (Lipinski definition) is 0. The highest BCUT2D eigenvalue weighted by Gasteiger charge is 2.20. The highest BCUT2D eigenvalue weighted by molar-refractivity contribution is 6.12. The SMILES string of the molecule is c1ccc(-c2cccc3cc(-c4nc(-c5ccc(-c6ccccc6)c6cccnc56)nc(-c5cccc6oc7ccccc7c56)n4)ccc23)cc1. The Kier molecular flexibility index (Phi) is 6.74. The molecule has 0 unspecified atom stereocenters. The first-order valence-corrected chi connectivity index (χ1v) is 17.0. The number of benzene rings is 7. The van der Waals surface area contributed by atoms with Crippen LogP contribution >= 0.6 is 0 Å². The molecule has 10 rings (SSSR count). The molecule has 0 saturated heterocycles. The van der Waals surface area contributed by atoms with Gasteiger partial charge in [0, 0.05) is 39.0 Å². The zero-order valence-corrected chi connectivity index (χ0v) is 27.4. The Balaban J connectivity index is 1.22. The van der Waals surface area contributed by atoms with Crippen LogP contribution in [0.4, 0.5) is 0 Å². The van der Waals surface area contributed by atoms with Crippen LogP contribution in [0.15, 0.2) is 174 Å². The molecule has 5 heteroatoms. The van der Waals surface area contributed by atoms with Crippen LogP contribution < -0.4 is 0 Å². The van der Waals surface area contributed by atoms with Gasteiger partial charge in [0.2, 0.25) is 0 Å². The highest BCUT2D eigenvalue weighted by Crippen LogP contribution is 2.39. The summed E-state index contributed by atoms with van der Waals surface area (Å²) in [6, 6.07) is 56.2. The Morgan fingerprint density at radius 1 is 0.373 bits per heavy atom. The minimum absolute atomic E-state index is 0.557. The molecule has 0 aliphatic carbocycles. The quantitative estimate of drug-likeness (QED) is 0.185. The van der Waals surface area contributed by atoms with Gasteiger partial charge in [0.1, 0.15) is 11.2 Å². The van der Waals surface area contributed by atoms with Gasteiger partial charge in [-0.3, -0.25) is 4.98 Å². The second-order valence-corrected chi connectivity index (χ2v) is 12.6. The summed E-state index contributed by atoms with van der Waals surface area (Å²) >= 11 is 0. The van der Waals surface area contributed by atoms with Gasteiger partial charge in [-0.05, 0) is 63.4 Å². The Bertz CT molecular complexity index is 2920. The standard InChI is InChI=1S/C46H28N4O/c1-3-12-29(13-4-1)33-18-9-16-31-28-32(23-24-35(31)33)44-48-45(38-19-10-22-41-42(38)37-17-7-8-21-40(37)51-41)50-46(49-44)39-26-25-34(30-14-5-2-6-15-30)36-20-11-27-47-43(36)39/h1-28H. The molecule has 3 aromatic heterocycles. The zero-order chi connectivity index (χ0) is 33.7. The van der Waals surface area contributed by atoms with Crippen molar-refractivity contribution >= 4 is 43.6 Å². The smallest absolute Gasteiger partial charge is 0.166 e. The molecule has 0 aliphatic heterocycles. The van der Waals surface area contributed by atoms with Crippen molar-refractivity contribution < 1.29 is 4.42 Å². The van der Waals surface area contributed by atoms with Crippen LogP contribution in [0, 0.1) is 0 Å². The second kappa shape index (κ2) is 11.9. The Morgan fingerprint density at radius 3 is 1.82 bits per heavy atom. The van der Waals surface area contributed by atoms with Crippen molar-refractivity contribution in [3.8, 4) is 56.4 Å². The lowest BCUT2D eigenvalue weighted by atomic mass is 9.96. The van der Waals surface area contributed by atoms with Crippen LogP contribution in [0.5, 0.6) is 0 Å². The second-order valence-electron chi connectivity index (χ2n) is 12.6. The van der Waals surface area contributed by atoms with Gasteiger partial charge in [-0.15, -0.1) is 0 Å². The molecule has 0 radical (unpaired) electrons. The average Bonchev–Trinajstić information content (AvgIpc) is 3.59. The van der Waals surface area contributed by atoms with E-state index in [1.54, 1.807) is 0 Å². The van der Waals surface area contributed by atoms with Gasteiger partial charge >= 0.3 is 0 Å². The van der Waals surface area contributed by atoms with Gasteiger partial charge in [0.05, 0.1) is 5.52 Å². The third-order valence-corrected chi connectivity index (χ3v) is 9.60. The maximum absolute atomic E-state index is 6.27. The minimum Gasteiger partial charge on any atom is -0.456 e. The minimum atomic E-state index is 0.557. The molecule has 0 amide bonds. The van der Waals surface area contributed by atoms with Gasteiger partial charge in [-0.25, -0.2) is 15.0 Å². The van der Waals surface area contributed by atoms with Gasteiger partial charge in [0.25, 0.3) is 0 Å². The number of para-hydroxylation sites is 1. The van der Waals surface area contributed by atoms with Crippen LogP contribution in [-0.4, -0.2) is 19.9 Å². The molecular formula is C46H28N4O. The molecule has 0 spiro atoms. The van der Waals surface area contributed by atoms with Crippen molar-refractivity contribution in [2.45, 2.75) is 0 Å². The van der Waals surface area contributed by atoms with E-state index in [-0.39, 0.29) is 0 Å². The molecule has 51 heavy (non-hydrogen) atoms. The summed E-state index contributed by atoms with van der Waals surface area (Å²) in [5.41, 5.74) is 9.67.